The third kappa shape index (κ3) is 5.83. The standard InChI is InChI=1S/C38H38N4O6/c1-5-23-11-27-17-39-31-15-35(33(45-3)13-29(31)37(43)41(27)19-23)47-21-25-8-7-9-26(10-25)22-48-36-16-32-30(14-34(36)46-4)38(44)42-20-24(6-2)12-28(42)18-40-32/h5-10,13-18,27-28H,11-12,19-22H2,1-4H3/b23-5+,24-6+/t27-,28?/m0/s1. The molecule has 0 saturated carbocycles. The van der Waals surface area contributed by atoms with Gasteiger partial charge in [-0.05, 0) is 56.0 Å². The second-order valence-corrected chi connectivity index (χ2v) is 12.3. The minimum atomic E-state index is -0.0604. The number of aliphatic imine (C=N–C) groups is 2. The van der Waals surface area contributed by atoms with E-state index in [0.717, 1.165) is 24.0 Å². The molecule has 10 nitrogen and oxygen atoms in total. The van der Waals surface area contributed by atoms with Gasteiger partial charge in [0.1, 0.15) is 13.2 Å². The van der Waals surface area contributed by atoms with Crippen LogP contribution >= 0.6 is 0 Å². The second kappa shape index (κ2) is 13.0. The van der Waals surface area contributed by atoms with Crippen LogP contribution < -0.4 is 18.9 Å². The summed E-state index contributed by atoms with van der Waals surface area (Å²) >= 11 is 0. The van der Waals surface area contributed by atoms with Crippen molar-refractivity contribution in [2.45, 2.75) is 52.0 Å². The average molecular weight is 647 g/mol. The largest absolute Gasteiger partial charge is 0.493 e. The summed E-state index contributed by atoms with van der Waals surface area (Å²) in [4.78, 5) is 39.9. The van der Waals surface area contributed by atoms with Crippen LogP contribution in [0, 0.1) is 0 Å². The molecule has 1 unspecified atom stereocenters. The molecule has 2 fully saturated rings. The Labute approximate surface area is 280 Å². The molecular weight excluding hydrogens is 608 g/mol. The van der Waals surface area contributed by atoms with Gasteiger partial charge in [-0.3, -0.25) is 19.6 Å². The van der Waals surface area contributed by atoms with E-state index < -0.39 is 0 Å². The lowest BCUT2D eigenvalue weighted by Gasteiger charge is -2.20. The summed E-state index contributed by atoms with van der Waals surface area (Å²) in [6.45, 7) is 5.76. The van der Waals surface area contributed by atoms with E-state index in [1.807, 2.05) is 60.3 Å². The number of carbonyl (C=O) groups is 2. The van der Waals surface area contributed by atoms with Gasteiger partial charge in [0.25, 0.3) is 11.8 Å². The third-order valence-corrected chi connectivity index (χ3v) is 9.40. The van der Waals surface area contributed by atoms with Crippen molar-refractivity contribution in [3.05, 3.63) is 94.1 Å². The number of carbonyl (C=O) groups excluding carboxylic acids is 2. The van der Waals surface area contributed by atoms with Gasteiger partial charge in [0.2, 0.25) is 0 Å². The van der Waals surface area contributed by atoms with Crippen LogP contribution in [0.4, 0.5) is 11.4 Å². The van der Waals surface area contributed by atoms with Crippen LogP contribution in [-0.4, -0.2) is 73.4 Å². The van der Waals surface area contributed by atoms with Crippen molar-refractivity contribution in [1.29, 1.82) is 0 Å². The number of ether oxygens (including phenoxy) is 4. The fourth-order valence-corrected chi connectivity index (χ4v) is 6.66. The molecule has 0 spiro atoms. The number of rotatable bonds is 8. The molecule has 0 aromatic heterocycles. The van der Waals surface area contributed by atoms with Crippen LogP contribution in [0.25, 0.3) is 0 Å². The summed E-state index contributed by atoms with van der Waals surface area (Å²) in [5, 5.41) is 0. The molecule has 2 amide bonds. The highest BCUT2D eigenvalue weighted by Gasteiger charge is 2.36. The fraction of sp³-hybridized carbons (Fsp3) is 0.316. The molecule has 0 radical (unpaired) electrons. The summed E-state index contributed by atoms with van der Waals surface area (Å²) in [7, 11) is 3.13. The first kappa shape index (κ1) is 31.2. The predicted molar refractivity (Wildman–Crippen MR) is 184 cm³/mol. The predicted octanol–water partition coefficient (Wildman–Crippen LogP) is 6.62. The van der Waals surface area contributed by atoms with Gasteiger partial charge in [0, 0.05) is 37.7 Å². The zero-order chi connectivity index (χ0) is 33.4. The Hall–Kier alpha value is -5.38. The molecule has 4 aliphatic heterocycles. The van der Waals surface area contributed by atoms with E-state index in [-0.39, 0.29) is 37.1 Å². The average Bonchev–Trinajstić information content (AvgIpc) is 3.68. The number of benzene rings is 3. The zero-order valence-electron chi connectivity index (χ0n) is 27.6. The molecule has 7 rings (SSSR count). The van der Waals surface area contributed by atoms with Crippen molar-refractivity contribution in [1.82, 2.24) is 9.80 Å². The first-order valence-electron chi connectivity index (χ1n) is 16.1. The smallest absolute Gasteiger partial charge is 0.257 e. The van der Waals surface area contributed by atoms with Crippen molar-refractivity contribution in [2.24, 2.45) is 9.98 Å². The summed E-state index contributed by atoms with van der Waals surface area (Å²) in [6.07, 6.45) is 9.44. The van der Waals surface area contributed by atoms with Crippen LogP contribution in [0.15, 0.2) is 81.8 Å². The normalized spacial score (nSPS) is 21.1. The maximum atomic E-state index is 13.4. The molecule has 3 aromatic carbocycles. The van der Waals surface area contributed by atoms with Crippen molar-refractivity contribution < 1.29 is 28.5 Å². The monoisotopic (exact) mass is 646 g/mol. The molecule has 3 aromatic rings. The van der Waals surface area contributed by atoms with E-state index in [2.05, 4.69) is 22.1 Å². The molecule has 2 saturated heterocycles. The lowest BCUT2D eigenvalue weighted by molar-refractivity contribution is 0.0769. The molecule has 2 atom stereocenters. The fourth-order valence-electron chi connectivity index (χ4n) is 6.66. The SMILES string of the molecule is C/C=C1\CC2C=Nc3cc(OCc4cccc(COc5cc6c(cc5OC)C(=O)N5C/C(=C/C)C[C@H]5C=N6)c4)c(OC)cc3C(=O)N2C1. The molecule has 0 bridgehead atoms. The highest BCUT2D eigenvalue weighted by atomic mass is 16.5. The van der Waals surface area contributed by atoms with E-state index >= 15 is 0 Å². The Morgan fingerprint density at radius 1 is 0.688 bits per heavy atom. The Kier molecular flexibility index (Phi) is 8.47. The first-order chi connectivity index (χ1) is 23.4. The van der Waals surface area contributed by atoms with Crippen molar-refractivity contribution >= 4 is 35.6 Å². The van der Waals surface area contributed by atoms with Gasteiger partial charge in [-0.25, -0.2) is 0 Å². The molecule has 246 valence electrons. The van der Waals surface area contributed by atoms with Gasteiger partial charge in [-0.15, -0.1) is 0 Å². The van der Waals surface area contributed by atoms with Crippen molar-refractivity contribution in [2.75, 3.05) is 27.3 Å². The maximum Gasteiger partial charge on any atom is 0.257 e. The van der Waals surface area contributed by atoms with Gasteiger partial charge in [0.15, 0.2) is 23.0 Å². The lowest BCUT2D eigenvalue weighted by atomic mass is 10.1. The molecule has 0 N–H and O–H groups in total. The van der Waals surface area contributed by atoms with E-state index in [4.69, 9.17) is 18.9 Å². The maximum absolute atomic E-state index is 13.4. The number of hydrogen-bond acceptors (Lipinski definition) is 8. The quantitative estimate of drug-likeness (QED) is 0.255. The number of amides is 2. The minimum absolute atomic E-state index is 0.0538. The van der Waals surface area contributed by atoms with Crippen molar-refractivity contribution in [3.8, 4) is 23.0 Å². The number of methoxy groups -OCH3 is 2. The number of hydrogen-bond donors (Lipinski definition) is 0. The number of fused-ring (bicyclic) bond motifs is 4. The molecule has 48 heavy (non-hydrogen) atoms. The summed E-state index contributed by atoms with van der Waals surface area (Å²) < 4.78 is 23.7. The lowest BCUT2D eigenvalue weighted by Crippen LogP contribution is -2.35. The Balaban J connectivity index is 1.05. The van der Waals surface area contributed by atoms with Gasteiger partial charge >= 0.3 is 0 Å². The van der Waals surface area contributed by atoms with Gasteiger partial charge in [0.05, 0.1) is 48.8 Å². The van der Waals surface area contributed by atoms with Gasteiger partial charge < -0.3 is 28.7 Å². The summed E-state index contributed by atoms with van der Waals surface area (Å²) in [5.74, 6) is 1.83. The molecule has 10 heteroatoms. The van der Waals surface area contributed by atoms with E-state index in [1.165, 1.54) is 11.1 Å². The Morgan fingerprint density at radius 3 is 1.56 bits per heavy atom. The minimum Gasteiger partial charge on any atom is -0.493 e. The first-order valence-corrected chi connectivity index (χ1v) is 16.1. The molecule has 4 heterocycles. The topological polar surface area (TPSA) is 102 Å². The van der Waals surface area contributed by atoms with Crippen LogP contribution in [0.2, 0.25) is 0 Å². The molecule has 0 aliphatic carbocycles. The summed E-state index contributed by atoms with van der Waals surface area (Å²) in [5.41, 5.74) is 6.46. The van der Waals surface area contributed by atoms with Gasteiger partial charge in [-0.2, -0.15) is 0 Å². The van der Waals surface area contributed by atoms with Crippen LogP contribution in [-0.2, 0) is 13.2 Å². The zero-order valence-corrected chi connectivity index (χ0v) is 27.6. The van der Waals surface area contributed by atoms with Gasteiger partial charge in [-0.1, -0.05) is 41.5 Å². The highest BCUT2D eigenvalue weighted by molar-refractivity contribution is 6.04. The summed E-state index contributed by atoms with van der Waals surface area (Å²) in [6, 6.07) is 14.8. The van der Waals surface area contributed by atoms with E-state index in [9.17, 15) is 9.59 Å². The Bertz CT molecular complexity index is 1780. The second-order valence-electron chi connectivity index (χ2n) is 12.3. The third-order valence-electron chi connectivity index (χ3n) is 9.40. The highest BCUT2D eigenvalue weighted by Crippen LogP contribution is 2.40. The van der Waals surface area contributed by atoms with E-state index in [1.54, 1.807) is 38.5 Å². The van der Waals surface area contributed by atoms with E-state index in [0.29, 0.717) is 58.6 Å². The van der Waals surface area contributed by atoms with Crippen LogP contribution in [0.1, 0.15) is 58.5 Å². The molecular formula is C38H38N4O6. The number of allylic oxidation sites excluding steroid dienone is 2. The molecule has 4 aliphatic rings. The Morgan fingerprint density at radius 2 is 1.15 bits per heavy atom. The van der Waals surface area contributed by atoms with Crippen LogP contribution in [0.3, 0.4) is 0 Å². The van der Waals surface area contributed by atoms with Crippen molar-refractivity contribution in [3.63, 3.8) is 0 Å². The number of nitrogens with zero attached hydrogens (tertiary/aromatic N) is 4. The van der Waals surface area contributed by atoms with Crippen LogP contribution in [0.5, 0.6) is 23.0 Å².